The molecule has 0 aliphatic heterocycles. The van der Waals surface area contributed by atoms with Gasteiger partial charge in [0.25, 0.3) is 5.56 Å². The van der Waals surface area contributed by atoms with Gasteiger partial charge in [-0.05, 0) is 59.7 Å². The number of esters is 1. The standard InChI is InChI=1S/C37H29BrClN3O5/c1-46-28-15-8-23(9-16-28)22-41-31-17-14-27(39)20-29(31)35(25-6-4-3-5-7-25)36(37(41)45)30-21-32(24-10-12-26(38)13-11-24)42(40-30)33(43)18-19-34(44)47-2/h3-17,20-21H,18-19,22H2,1-2H3. The Labute approximate surface area is 284 Å². The van der Waals surface area contributed by atoms with E-state index in [0.29, 0.717) is 44.4 Å². The fraction of sp³-hybridized carbons (Fsp3) is 0.135. The molecule has 0 aliphatic carbocycles. The molecular formula is C37H29BrClN3O5. The summed E-state index contributed by atoms with van der Waals surface area (Å²) in [6, 6.07) is 31.8. The van der Waals surface area contributed by atoms with Gasteiger partial charge in [-0.2, -0.15) is 9.78 Å². The molecule has 0 unspecified atom stereocenters. The molecule has 0 fully saturated rings. The van der Waals surface area contributed by atoms with Crippen molar-refractivity contribution in [2.45, 2.75) is 19.4 Å². The molecular weight excluding hydrogens is 682 g/mol. The Balaban J connectivity index is 1.64. The summed E-state index contributed by atoms with van der Waals surface area (Å²) >= 11 is 10.1. The van der Waals surface area contributed by atoms with Gasteiger partial charge in [-0.1, -0.05) is 82.1 Å². The summed E-state index contributed by atoms with van der Waals surface area (Å²) in [6.07, 6.45) is -0.236. The van der Waals surface area contributed by atoms with E-state index in [1.54, 1.807) is 23.8 Å². The monoisotopic (exact) mass is 709 g/mol. The summed E-state index contributed by atoms with van der Waals surface area (Å²) in [4.78, 5) is 40.3. The number of pyridine rings is 1. The summed E-state index contributed by atoms with van der Waals surface area (Å²) in [5.74, 6) is -0.209. The van der Waals surface area contributed by atoms with Gasteiger partial charge in [-0.15, -0.1) is 0 Å². The minimum absolute atomic E-state index is 0.108. The lowest BCUT2D eigenvalue weighted by Gasteiger charge is -2.18. The molecule has 0 saturated carbocycles. The van der Waals surface area contributed by atoms with Crippen LogP contribution in [0.1, 0.15) is 23.2 Å². The molecule has 6 aromatic rings. The smallest absolute Gasteiger partial charge is 0.306 e. The molecule has 0 saturated heterocycles. The number of fused-ring (bicyclic) bond motifs is 1. The fourth-order valence-corrected chi connectivity index (χ4v) is 6.02. The highest BCUT2D eigenvalue weighted by molar-refractivity contribution is 9.10. The summed E-state index contributed by atoms with van der Waals surface area (Å²) < 4.78 is 13.9. The van der Waals surface area contributed by atoms with Crippen molar-refractivity contribution in [3.63, 3.8) is 0 Å². The molecule has 0 spiro atoms. The van der Waals surface area contributed by atoms with Gasteiger partial charge < -0.3 is 14.0 Å². The Kier molecular flexibility index (Phi) is 9.38. The Morgan fingerprint density at radius 3 is 2.23 bits per heavy atom. The third-order valence-electron chi connectivity index (χ3n) is 7.90. The van der Waals surface area contributed by atoms with Crippen LogP contribution < -0.4 is 10.3 Å². The predicted molar refractivity (Wildman–Crippen MR) is 187 cm³/mol. The molecule has 0 bridgehead atoms. The molecule has 2 aromatic heterocycles. The van der Waals surface area contributed by atoms with Gasteiger partial charge in [0, 0.05) is 32.4 Å². The number of benzene rings is 4. The maximum Gasteiger partial charge on any atom is 0.306 e. The largest absolute Gasteiger partial charge is 0.497 e. The van der Waals surface area contributed by atoms with Crippen molar-refractivity contribution in [3.8, 4) is 39.4 Å². The highest BCUT2D eigenvalue weighted by Crippen LogP contribution is 2.38. The van der Waals surface area contributed by atoms with Gasteiger partial charge in [0.15, 0.2) is 0 Å². The molecule has 47 heavy (non-hydrogen) atoms. The number of aromatic nitrogens is 3. The summed E-state index contributed by atoms with van der Waals surface area (Å²) in [6.45, 7) is 0.265. The van der Waals surface area contributed by atoms with Crippen molar-refractivity contribution >= 4 is 50.3 Å². The van der Waals surface area contributed by atoms with Crippen LogP contribution in [-0.2, 0) is 16.1 Å². The van der Waals surface area contributed by atoms with Crippen LogP contribution in [0.4, 0.5) is 0 Å². The maximum atomic E-state index is 14.8. The van der Waals surface area contributed by atoms with E-state index >= 15 is 0 Å². The van der Waals surface area contributed by atoms with Crippen molar-refractivity contribution in [1.82, 2.24) is 14.3 Å². The summed E-state index contributed by atoms with van der Waals surface area (Å²) in [5, 5.41) is 6.03. The zero-order chi connectivity index (χ0) is 33.1. The third kappa shape index (κ3) is 6.63. The average molecular weight is 711 g/mol. The van der Waals surface area contributed by atoms with Crippen LogP contribution in [0.25, 0.3) is 44.5 Å². The Morgan fingerprint density at radius 1 is 0.830 bits per heavy atom. The van der Waals surface area contributed by atoms with Gasteiger partial charge in [-0.3, -0.25) is 14.4 Å². The second-order valence-electron chi connectivity index (χ2n) is 10.8. The van der Waals surface area contributed by atoms with E-state index in [1.165, 1.54) is 11.8 Å². The van der Waals surface area contributed by atoms with Crippen molar-refractivity contribution in [1.29, 1.82) is 0 Å². The van der Waals surface area contributed by atoms with E-state index in [0.717, 1.165) is 21.0 Å². The first kappa shape index (κ1) is 32.0. The lowest BCUT2D eigenvalue weighted by molar-refractivity contribution is -0.140. The topological polar surface area (TPSA) is 92.4 Å². The summed E-state index contributed by atoms with van der Waals surface area (Å²) in [7, 11) is 2.88. The van der Waals surface area contributed by atoms with Crippen molar-refractivity contribution in [2.24, 2.45) is 0 Å². The first-order valence-corrected chi connectivity index (χ1v) is 15.9. The Bertz CT molecular complexity index is 2160. The van der Waals surface area contributed by atoms with Crippen LogP contribution in [0, 0.1) is 0 Å². The Hall–Kier alpha value is -4.99. The second-order valence-corrected chi connectivity index (χ2v) is 12.2. The van der Waals surface area contributed by atoms with Gasteiger partial charge in [0.1, 0.15) is 5.75 Å². The molecule has 4 aromatic carbocycles. The minimum Gasteiger partial charge on any atom is -0.497 e. The molecule has 0 atom stereocenters. The van der Waals surface area contributed by atoms with E-state index in [9.17, 15) is 14.4 Å². The highest BCUT2D eigenvalue weighted by Gasteiger charge is 2.25. The molecule has 8 nitrogen and oxygen atoms in total. The summed E-state index contributed by atoms with van der Waals surface area (Å²) in [5.41, 5.74) is 4.55. The third-order valence-corrected chi connectivity index (χ3v) is 8.67. The normalized spacial score (nSPS) is 11.1. The van der Waals surface area contributed by atoms with Gasteiger partial charge in [0.05, 0.1) is 49.7 Å². The minimum atomic E-state index is -0.505. The molecule has 0 aliphatic rings. The lowest BCUT2D eigenvalue weighted by atomic mass is 9.93. The second kappa shape index (κ2) is 13.8. The predicted octanol–water partition coefficient (Wildman–Crippen LogP) is 8.27. The lowest BCUT2D eigenvalue weighted by Crippen LogP contribution is -2.24. The van der Waals surface area contributed by atoms with Crippen LogP contribution in [0.2, 0.25) is 5.02 Å². The molecule has 6 rings (SSSR count). The number of halogens is 2. The van der Waals surface area contributed by atoms with E-state index < -0.39 is 11.9 Å². The zero-order valence-corrected chi connectivity index (χ0v) is 27.9. The molecule has 10 heteroatoms. The molecule has 2 heterocycles. The van der Waals surface area contributed by atoms with Crippen molar-refractivity contribution < 1.29 is 19.1 Å². The van der Waals surface area contributed by atoms with E-state index in [4.69, 9.17) is 26.2 Å². The quantitative estimate of drug-likeness (QED) is 0.140. The van der Waals surface area contributed by atoms with E-state index in [-0.39, 0.29) is 24.9 Å². The SMILES string of the molecule is COC(=O)CCC(=O)n1nc(-c2c(-c3ccccc3)c3cc(Cl)ccc3n(Cc3ccc(OC)cc3)c2=O)cc1-c1ccc(Br)cc1. The number of methoxy groups -OCH3 is 2. The van der Waals surface area contributed by atoms with Crippen LogP contribution >= 0.6 is 27.5 Å². The zero-order valence-electron chi connectivity index (χ0n) is 25.6. The van der Waals surface area contributed by atoms with Gasteiger partial charge in [0.2, 0.25) is 5.91 Å². The van der Waals surface area contributed by atoms with Gasteiger partial charge in [-0.25, -0.2) is 0 Å². The number of hydrogen-bond acceptors (Lipinski definition) is 6. The molecule has 236 valence electrons. The Morgan fingerprint density at radius 2 is 1.55 bits per heavy atom. The van der Waals surface area contributed by atoms with Crippen LogP contribution in [0.5, 0.6) is 5.75 Å². The number of ether oxygens (including phenoxy) is 2. The fourth-order valence-electron chi connectivity index (χ4n) is 5.58. The van der Waals surface area contributed by atoms with Gasteiger partial charge >= 0.3 is 5.97 Å². The van der Waals surface area contributed by atoms with E-state index in [2.05, 4.69) is 15.9 Å². The number of carbonyl (C=O) groups is 2. The van der Waals surface area contributed by atoms with Crippen molar-refractivity contribution in [2.75, 3.05) is 14.2 Å². The van der Waals surface area contributed by atoms with Crippen LogP contribution in [0.15, 0.2) is 112 Å². The van der Waals surface area contributed by atoms with Crippen LogP contribution in [0.3, 0.4) is 0 Å². The van der Waals surface area contributed by atoms with Crippen molar-refractivity contribution in [3.05, 3.63) is 129 Å². The molecule has 0 N–H and O–H groups in total. The number of rotatable bonds is 9. The number of nitrogens with zero attached hydrogens (tertiary/aromatic N) is 3. The molecule has 0 amide bonds. The van der Waals surface area contributed by atoms with E-state index in [1.807, 2.05) is 91.0 Å². The first-order chi connectivity index (χ1) is 22.8. The highest BCUT2D eigenvalue weighted by atomic mass is 79.9. The average Bonchev–Trinajstić information content (AvgIpc) is 3.54. The van der Waals surface area contributed by atoms with Crippen LogP contribution in [-0.4, -0.2) is 40.4 Å². The first-order valence-electron chi connectivity index (χ1n) is 14.8. The number of carbonyl (C=O) groups excluding carboxylic acids is 2. The maximum absolute atomic E-state index is 14.8. The molecule has 0 radical (unpaired) electrons. The number of hydrogen-bond donors (Lipinski definition) is 0.